The normalized spacial score (nSPS) is 15.9. The first kappa shape index (κ1) is 17.2. The number of benzene rings is 2. The zero-order valence-corrected chi connectivity index (χ0v) is 13.7. The summed E-state index contributed by atoms with van der Waals surface area (Å²) in [6, 6.07) is 10.4. The van der Waals surface area contributed by atoms with Gasteiger partial charge in [0, 0.05) is 12.6 Å². The quantitative estimate of drug-likeness (QED) is 0.903. The van der Waals surface area contributed by atoms with Crippen LogP contribution in [0.2, 0.25) is 0 Å². The Bertz CT molecular complexity index is 770. The first-order chi connectivity index (χ1) is 12.0. The lowest BCUT2D eigenvalue weighted by Gasteiger charge is -2.29. The van der Waals surface area contributed by atoms with Crippen LogP contribution < -0.4 is 14.8 Å². The molecule has 0 saturated heterocycles. The van der Waals surface area contributed by atoms with Crippen LogP contribution in [0, 0.1) is 11.6 Å². The number of fused-ring (bicyclic) bond motifs is 1. The van der Waals surface area contributed by atoms with Crippen LogP contribution in [0.5, 0.6) is 11.5 Å². The third-order valence-corrected chi connectivity index (χ3v) is 3.70. The number of amides is 1. The van der Waals surface area contributed by atoms with Crippen molar-refractivity contribution in [2.45, 2.75) is 6.10 Å². The molecule has 1 atom stereocenters. The zero-order chi connectivity index (χ0) is 17.8. The molecule has 0 spiro atoms. The number of carbonyl (C=O) groups excluding carboxylic acids is 1. The summed E-state index contributed by atoms with van der Waals surface area (Å²) < 4.78 is 37.9. The molecule has 1 N–H and O–H groups in total. The second kappa shape index (κ2) is 7.48. The highest BCUT2D eigenvalue weighted by molar-refractivity contribution is 5.92. The van der Waals surface area contributed by atoms with E-state index in [0.29, 0.717) is 24.7 Å². The number of para-hydroxylation sites is 2. The van der Waals surface area contributed by atoms with Gasteiger partial charge in [0.1, 0.15) is 24.3 Å². The van der Waals surface area contributed by atoms with Crippen molar-refractivity contribution in [1.29, 1.82) is 0 Å². The van der Waals surface area contributed by atoms with Crippen LogP contribution in [0.4, 0.5) is 14.5 Å². The molecule has 7 heteroatoms. The lowest BCUT2D eigenvalue weighted by molar-refractivity contribution is -0.117. The van der Waals surface area contributed by atoms with E-state index in [-0.39, 0.29) is 18.3 Å². The molecule has 2 aromatic carbocycles. The molecule has 0 bridgehead atoms. The molecule has 2 aromatic rings. The number of carbonyl (C=O) groups is 1. The molecule has 0 aromatic heterocycles. The topological polar surface area (TPSA) is 50.8 Å². The summed E-state index contributed by atoms with van der Waals surface area (Å²) in [6.45, 7) is 0.890. The van der Waals surface area contributed by atoms with E-state index in [1.807, 2.05) is 24.3 Å². The Balaban J connectivity index is 1.51. The van der Waals surface area contributed by atoms with Crippen molar-refractivity contribution in [3.05, 3.63) is 54.1 Å². The number of anilines is 1. The van der Waals surface area contributed by atoms with Crippen LogP contribution in [0.15, 0.2) is 42.5 Å². The second-order valence-electron chi connectivity index (χ2n) is 5.87. The van der Waals surface area contributed by atoms with E-state index < -0.39 is 17.5 Å². The number of hydrogen-bond donors (Lipinski definition) is 1. The molecule has 0 aliphatic carbocycles. The van der Waals surface area contributed by atoms with E-state index >= 15 is 0 Å². The average molecular weight is 348 g/mol. The molecule has 0 saturated carbocycles. The highest BCUT2D eigenvalue weighted by Gasteiger charge is 2.22. The maximum absolute atomic E-state index is 13.6. The number of hydrogen-bond acceptors (Lipinski definition) is 4. The summed E-state index contributed by atoms with van der Waals surface area (Å²) in [4.78, 5) is 13.8. The number of ether oxygens (including phenoxy) is 2. The van der Waals surface area contributed by atoms with Crippen molar-refractivity contribution in [3.8, 4) is 11.5 Å². The van der Waals surface area contributed by atoms with Gasteiger partial charge in [-0.25, -0.2) is 8.78 Å². The van der Waals surface area contributed by atoms with Gasteiger partial charge in [-0.05, 0) is 31.3 Å². The summed E-state index contributed by atoms with van der Waals surface area (Å²) >= 11 is 0. The first-order valence-corrected chi connectivity index (χ1v) is 7.83. The zero-order valence-electron chi connectivity index (χ0n) is 13.7. The van der Waals surface area contributed by atoms with Crippen molar-refractivity contribution in [2.24, 2.45) is 0 Å². The van der Waals surface area contributed by atoms with E-state index in [0.717, 1.165) is 12.1 Å². The molecule has 0 fully saturated rings. The monoisotopic (exact) mass is 348 g/mol. The lowest BCUT2D eigenvalue weighted by atomic mass is 10.2. The average Bonchev–Trinajstić information content (AvgIpc) is 2.57. The van der Waals surface area contributed by atoms with E-state index in [1.165, 1.54) is 6.07 Å². The van der Waals surface area contributed by atoms with Crippen LogP contribution in [0.25, 0.3) is 0 Å². The molecular weight excluding hydrogens is 330 g/mol. The minimum atomic E-state index is -0.809. The van der Waals surface area contributed by atoms with E-state index in [9.17, 15) is 13.6 Å². The van der Waals surface area contributed by atoms with Gasteiger partial charge in [-0.15, -0.1) is 0 Å². The molecule has 1 aliphatic heterocycles. The number of likely N-dealkylation sites (N-methyl/N-ethyl adjacent to an activating group) is 1. The Morgan fingerprint density at radius 2 is 2.00 bits per heavy atom. The van der Waals surface area contributed by atoms with Gasteiger partial charge in [0.2, 0.25) is 5.91 Å². The Hall–Kier alpha value is -2.67. The number of rotatable bonds is 5. The molecular formula is C18H18F2N2O3. The Kier molecular flexibility index (Phi) is 5.14. The Morgan fingerprint density at radius 3 is 2.76 bits per heavy atom. The summed E-state index contributed by atoms with van der Waals surface area (Å²) in [7, 11) is 1.75. The second-order valence-corrected chi connectivity index (χ2v) is 5.87. The van der Waals surface area contributed by atoms with E-state index in [2.05, 4.69) is 5.32 Å². The number of halogens is 2. The number of nitrogens with zero attached hydrogens (tertiary/aromatic N) is 1. The van der Waals surface area contributed by atoms with Crippen LogP contribution in [0.3, 0.4) is 0 Å². The molecule has 1 unspecified atom stereocenters. The fourth-order valence-electron chi connectivity index (χ4n) is 2.59. The third-order valence-electron chi connectivity index (χ3n) is 3.70. The predicted octanol–water partition coefficient (Wildman–Crippen LogP) is 2.68. The van der Waals surface area contributed by atoms with Gasteiger partial charge in [0.25, 0.3) is 0 Å². The number of nitrogens with one attached hydrogen (secondary N) is 1. The van der Waals surface area contributed by atoms with Crippen molar-refractivity contribution >= 4 is 11.6 Å². The minimum absolute atomic E-state index is 0.0400. The van der Waals surface area contributed by atoms with Gasteiger partial charge >= 0.3 is 0 Å². The highest BCUT2D eigenvalue weighted by Crippen LogP contribution is 2.30. The SMILES string of the molecule is CN(CC(=O)Nc1ccc(F)cc1F)CC1COc2ccccc2O1. The first-order valence-electron chi connectivity index (χ1n) is 7.83. The lowest BCUT2D eigenvalue weighted by Crippen LogP contribution is -2.42. The van der Waals surface area contributed by atoms with E-state index in [4.69, 9.17) is 9.47 Å². The van der Waals surface area contributed by atoms with Gasteiger partial charge in [-0.3, -0.25) is 9.69 Å². The molecule has 3 rings (SSSR count). The van der Waals surface area contributed by atoms with Crippen molar-refractivity contribution in [1.82, 2.24) is 4.90 Å². The molecule has 1 heterocycles. The maximum atomic E-state index is 13.6. The predicted molar refractivity (Wildman–Crippen MR) is 88.8 cm³/mol. The molecule has 1 amide bonds. The standard InChI is InChI=1S/C18H18F2N2O3/c1-22(9-13-11-24-16-4-2-3-5-17(16)25-13)10-18(23)21-15-7-6-12(19)8-14(15)20/h2-8,13H,9-11H2,1H3,(H,21,23). The summed E-state index contributed by atoms with van der Waals surface area (Å²) in [6.07, 6.45) is -0.213. The van der Waals surface area contributed by atoms with Gasteiger partial charge in [-0.1, -0.05) is 12.1 Å². The van der Waals surface area contributed by atoms with Gasteiger partial charge in [-0.2, -0.15) is 0 Å². The summed E-state index contributed by atoms with van der Waals surface area (Å²) in [5, 5.41) is 2.43. The summed E-state index contributed by atoms with van der Waals surface area (Å²) in [5.41, 5.74) is -0.0500. The molecule has 0 radical (unpaired) electrons. The summed E-state index contributed by atoms with van der Waals surface area (Å²) in [5.74, 6) is -0.528. The van der Waals surface area contributed by atoms with Crippen LogP contribution >= 0.6 is 0 Å². The third kappa shape index (κ3) is 4.45. The largest absolute Gasteiger partial charge is 0.486 e. The Labute approximate surface area is 144 Å². The van der Waals surface area contributed by atoms with Crippen molar-refractivity contribution in [3.63, 3.8) is 0 Å². The molecule has 5 nitrogen and oxygen atoms in total. The van der Waals surface area contributed by atoms with E-state index in [1.54, 1.807) is 11.9 Å². The van der Waals surface area contributed by atoms with Crippen molar-refractivity contribution < 1.29 is 23.0 Å². The van der Waals surface area contributed by atoms with Crippen LogP contribution in [-0.2, 0) is 4.79 Å². The maximum Gasteiger partial charge on any atom is 0.238 e. The van der Waals surface area contributed by atoms with Gasteiger partial charge < -0.3 is 14.8 Å². The highest BCUT2D eigenvalue weighted by atomic mass is 19.1. The van der Waals surface area contributed by atoms with Crippen molar-refractivity contribution in [2.75, 3.05) is 32.1 Å². The smallest absolute Gasteiger partial charge is 0.238 e. The van der Waals surface area contributed by atoms with Crippen LogP contribution in [-0.4, -0.2) is 43.7 Å². The molecule has 1 aliphatic rings. The fourth-order valence-corrected chi connectivity index (χ4v) is 2.59. The van der Waals surface area contributed by atoms with Gasteiger partial charge in [0.15, 0.2) is 11.5 Å². The van der Waals surface area contributed by atoms with Gasteiger partial charge in [0.05, 0.1) is 12.2 Å². The molecule has 132 valence electrons. The van der Waals surface area contributed by atoms with Crippen LogP contribution in [0.1, 0.15) is 0 Å². The molecule has 25 heavy (non-hydrogen) atoms. The minimum Gasteiger partial charge on any atom is -0.486 e. The fraction of sp³-hybridized carbons (Fsp3) is 0.278. The Morgan fingerprint density at radius 1 is 1.24 bits per heavy atom.